The second-order valence-corrected chi connectivity index (χ2v) is 2.89. The molecule has 0 bridgehead atoms. The van der Waals surface area contributed by atoms with Crippen LogP contribution in [-0.2, 0) is 19.1 Å². The Morgan fingerprint density at radius 3 is 2.43 bits per heavy atom. The predicted molar refractivity (Wildman–Crippen MR) is 50.7 cm³/mol. The van der Waals surface area contributed by atoms with Gasteiger partial charge in [0.15, 0.2) is 0 Å². The molecule has 5 heteroatoms. The van der Waals surface area contributed by atoms with Crippen molar-refractivity contribution < 1.29 is 19.1 Å². The number of hydrogen-bond acceptors (Lipinski definition) is 4. The highest BCUT2D eigenvalue weighted by molar-refractivity contribution is 5.78. The summed E-state index contributed by atoms with van der Waals surface area (Å²) in [6, 6.07) is -0.176. The minimum atomic E-state index is -0.324. The molecular weight excluding hydrogens is 186 g/mol. The third kappa shape index (κ3) is 5.53. The van der Waals surface area contributed by atoms with Crippen molar-refractivity contribution in [3.8, 4) is 0 Å². The average Bonchev–Trinajstić information content (AvgIpc) is 2.16. The van der Waals surface area contributed by atoms with Gasteiger partial charge in [0.1, 0.15) is 6.61 Å². The van der Waals surface area contributed by atoms with Gasteiger partial charge in [-0.1, -0.05) is 6.92 Å². The molecule has 0 saturated carbocycles. The maximum atomic E-state index is 11.1. The normalized spacial score (nSPS) is 11.9. The largest absolute Gasteiger partial charge is 0.469 e. The van der Waals surface area contributed by atoms with Crippen LogP contribution in [0.25, 0.3) is 0 Å². The molecule has 0 saturated heterocycles. The van der Waals surface area contributed by atoms with E-state index >= 15 is 0 Å². The first-order valence-corrected chi connectivity index (χ1v) is 4.49. The minimum absolute atomic E-state index is 0.0116. The van der Waals surface area contributed by atoms with Crippen LogP contribution < -0.4 is 5.32 Å². The molecule has 0 aliphatic carbocycles. The lowest BCUT2D eigenvalue weighted by Gasteiger charge is -2.15. The molecule has 0 rings (SSSR count). The summed E-state index contributed by atoms with van der Waals surface area (Å²) >= 11 is 0. The van der Waals surface area contributed by atoms with Crippen molar-refractivity contribution in [2.75, 3.05) is 20.8 Å². The highest BCUT2D eigenvalue weighted by atomic mass is 16.5. The van der Waals surface area contributed by atoms with Gasteiger partial charge < -0.3 is 14.8 Å². The number of carbonyl (C=O) groups excluding carboxylic acids is 2. The molecule has 1 atom stereocenters. The quantitative estimate of drug-likeness (QED) is 0.621. The first-order chi connectivity index (χ1) is 6.63. The van der Waals surface area contributed by atoms with Gasteiger partial charge in [-0.3, -0.25) is 9.59 Å². The summed E-state index contributed by atoms with van der Waals surface area (Å²) in [6.07, 6.45) is 0.882. The molecule has 0 heterocycles. The van der Waals surface area contributed by atoms with Crippen LogP contribution in [0.15, 0.2) is 0 Å². The summed E-state index contributed by atoms with van der Waals surface area (Å²) in [7, 11) is 2.77. The van der Waals surface area contributed by atoms with Crippen LogP contribution in [0.3, 0.4) is 0 Å². The molecule has 14 heavy (non-hydrogen) atoms. The Hall–Kier alpha value is -1.10. The molecule has 0 spiro atoms. The standard InChI is InChI=1S/C9H17NO4/c1-4-7(5-9(12)14-3)10-8(11)6-13-2/h7H,4-6H2,1-3H3,(H,10,11). The second-order valence-electron chi connectivity index (χ2n) is 2.89. The van der Waals surface area contributed by atoms with Crippen molar-refractivity contribution in [2.24, 2.45) is 0 Å². The summed E-state index contributed by atoms with van der Waals surface area (Å²) in [5.41, 5.74) is 0. The lowest BCUT2D eigenvalue weighted by Crippen LogP contribution is -2.38. The van der Waals surface area contributed by atoms with E-state index in [0.717, 1.165) is 0 Å². The lowest BCUT2D eigenvalue weighted by molar-refractivity contribution is -0.141. The van der Waals surface area contributed by atoms with Crippen LogP contribution in [0.4, 0.5) is 0 Å². The van der Waals surface area contributed by atoms with E-state index in [1.807, 2.05) is 6.92 Å². The average molecular weight is 203 g/mol. The van der Waals surface area contributed by atoms with Crippen LogP contribution in [-0.4, -0.2) is 38.7 Å². The van der Waals surface area contributed by atoms with E-state index in [9.17, 15) is 9.59 Å². The van der Waals surface area contributed by atoms with E-state index in [0.29, 0.717) is 6.42 Å². The van der Waals surface area contributed by atoms with E-state index in [-0.39, 0.29) is 30.9 Å². The summed E-state index contributed by atoms with van der Waals surface area (Å²) < 4.78 is 9.15. The van der Waals surface area contributed by atoms with Crippen LogP contribution in [0.5, 0.6) is 0 Å². The second kappa shape index (κ2) is 7.32. The molecule has 0 aromatic heterocycles. The number of hydrogen-bond donors (Lipinski definition) is 1. The van der Waals surface area contributed by atoms with E-state index in [1.165, 1.54) is 14.2 Å². The monoisotopic (exact) mass is 203 g/mol. The SMILES string of the molecule is CCC(CC(=O)OC)NC(=O)COC. The van der Waals surface area contributed by atoms with Crippen molar-refractivity contribution >= 4 is 11.9 Å². The Morgan fingerprint density at radius 2 is 2.00 bits per heavy atom. The van der Waals surface area contributed by atoms with Gasteiger partial charge in [0.25, 0.3) is 0 Å². The molecule has 0 aliphatic heterocycles. The molecule has 1 amide bonds. The maximum absolute atomic E-state index is 11.1. The van der Waals surface area contributed by atoms with Crippen molar-refractivity contribution in [1.29, 1.82) is 0 Å². The first-order valence-electron chi connectivity index (χ1n) is 4.49. The maximum Gasteiger partial charge on any atom is 0.307 e. The molecular formula is C9H17NO4. The Bertz CT molecular complexity index is 193. The fraction of sp³-hybridized carbons (Fsp3) is 0.778. The predicted octanol–water partition coefficient (Wildman–Crippen LogP) is 0.0907. The molecule has 0 fully saturated rings. The zero-order chi connectivity index (χ0) is 11.0. The van der Waals surface area contributed by atoms with Crippen LogP contribution in [0.2, 0.25) is 0 Å². The van der Waals surface area contributed by atoms with Gasteiger partial charge in [-0.05, 0) is 6.42 Å². The van der Waals surface area contributed by atoms with Crippen LogP contribution >= 0.6 is 0 Å². The third-order valence-electron chi connectivity index (χ3n) is 1.77. The fourth-order valence-electron chi connectivity index (χ4n) is 0.982. The van der Waals surface area contributed by atoms with Gasteiger partial charge in [-0.25, -0.2) is 0 Å². The molecule has 0 radical (unpaired) electrons. The van der Waals surface area contributed by atoms with Crippen molar-refractivity contribution in [3.05, 3.63) is 0 Å². The summed E-state index contributed by atoms with van der Waals surface area (Å²) in [5.74, 6) is -0.544. The molecule has 82 valence electrons. The van der Waals surface area contributed by atoms with Crippen molar-refractivity contribution in [2.45, 2.75) is 25.8 Å². The number of rotatable bonds is 6. The molecule has 0 aromatic rings. The Morgan fingerprint density at radius 1 is 1.36 bits per heavy atom. The van der Waals surface area contributed by atoms with Gasteiger partial charge in [0.05, 0.1) is 13.5 Å². The van der Waals surface area contributed by atoms with Crippen molar-refractivity contribution in [1.82, 2.24) is 5.32 Å². The molecule has 1 unspecified atom stereocenters. The lowest BCUT2D eigenvalue weighted by atomic mass is 10.1. The van der Waals surface area contributed by atoms with Gasteiger partial charge in [0.2, 0.25) is 5.91 Å². The Balaban J connectivity index is 3.89. The first kappa shape index (κ1) is 12.9. The zero-order valence-electron chi connectivity index (χ0n) is 8.83. The number of methoxy groups -OCH3 is 2. The molecule has 0 aliphatic rings. The Kier molecular flexibility index (Phi) is 6.74. The number of carbonyl (C=O) groups is 2. The van der Waals surface area contributed by atoms with Crippen molar-refractivity contribution in [3.63, 3.8) is 0 Å². The molecule has 1 N–H and O–H groups in total. The topological polar surface area (TPSA) is 64.6 Å². The van der Waals surface area contributed by atoms with Crippen LogP contribution in [0, 0.1) is 0 Å². The van der Waals surface area contributed by atoms with Gasteiger partial charge in [0, 0.05) is 13.2 Å². The van der Waals surface area contributed by atoms with Gasteiger partial charge in [-0.2, -0.15) is 0 Å². The number of ether oxygens (including phenoxy) is 2. The van der Waals surface area contributed by atoms with E-state index in [4.69, 9.17) is 0 Å². The van der Waals surface area contributed by atoms with Gasteiger partial charge in [-0.15, -0.1) is 0 Å². The van der Waals surface area contributed by atoms with Crippen LogP contribution in [0.1, 0.15) is 19.8 Å². The highest BCUT2D eigenvalue weighted by Gasteiger charge is 2.14. The summed E-state index contributed by atoms with van der Waals surface area (Å²) in [5, 5.41) is 2.67. The molecule has 0 aromatic carbocycles. The third-order valence-corrected chi connectivity index (χ3v) is 1.77. The highest BCUT2D eigenvalue weighted by Crippen LogP contribution is 1.98. The van der Waals surface area contributed by atoms with E-state index in [2.05, 4.69) is 14.8 Å². The van der Waals surface area contributed by atoms with Gasteiger partial charge >= 0.3 is 5.97 Å². The minimum Gasteiger partial charge on any atom is -0.469 e. The Labute approximate surface area is 83.8 Å². The van der Waals surface area contributed by atoms with E-state index in [1.54, 1.807) is 0 Å². The number of amides is 1. The smallest absolute Gasteiger partial charge is 0.307 e. The summed E-state index contributed by atoms with van der Waals surface area (Å²) in [6.45, 7) is 1.90. The summed E-state index contributed by atoms with van der Waals surface area (Å²) in [4.78, 5) is 22.0. The number of nitrogens with one attached hydrogen (secondary N) is 1. The number of esters is 1. The fourth-order valence-corrected chi connectivity index (χ4v) is 0.982. The zero-order valence-corrected chi connectivity index (χ0v) is 8.83. The molecule has 5 nitrogen and oxygen atoms in total. The van der Waals surface area contributed by atoms with E-state index < -0.39 is 0 Å².